The Hall–Kier alpha value is -3.00. The fourth-order valence-electron chi connectivity index (χ4n) is 3.58. The largest absolute Gasteiger partial charge is 0.454 e. The molecule has 0 bridgehead atoms. The first kappa shape index (κ1) is 20.7. The zero-order valence-corrected chi connectivity index (χ0v) is 16.8. The van der Waals surface area contributed by atoms with E-state index in [1.54, 1.807) is 13.0 Å². The molecule has 1 atom stereocenters. The van der Waals surface area contributed by atoms with Crippen molar-refractivity contribution in [3.63, 3.8) is 0 Å². The second-order valence-electron chi connectivity index (χ2n) is 7.29. The van der Waals surface area contributed by atoms with E-state index >= 15 is 0 Å². The highest BCUT2D eigenvalue weighted by Gasteiger charge is 2.22. The number of ketones is 1. The molecule has 0 spiro atoms. The lowest BCUT2D eigenvalue weighted by Gasteiger charge is -2.14. The minimum absolute atomic E-state index is 0.0407. The number of nitrogens with zero attached hydrogens (tertiary/aromatic N) is 2. The summed E-state index contributed by atoms with van der Waals surface area (Å²) in [5.74, 6) is -1.08. The van der Waals surface area contributed by atoms with E-state index in [9.17, 15) is 19.7 Å². The molecule has 2 aromatic rings. The molecule has 1 aromatic carbocycles. The molecule has 0 radical (unpaired) electrons. The molecule has 29 heavy (non-hydrogen) atoms. The number of esters is 1. The molecule has 1 aliphatic heterocycles. The number of carbonyl (C=O) groups is 2. The highest BCUT2D eigenvalue weighted by Crippen LogP contribution is 2.22. The molecule has 3 rings (SSSR count). The predicted molar refractivity (Wildman–Crippen MR) is 105 cm³/mol. The monoisotopic (exact) mass is 400 g/mol. The minimum Gasteiger partial charge on any atom is -0.454 e. The van der Waals surface area contributed by atoms with Crippen LogP contribution < -0.4 is 0 Å². The van der Waals surface area contributed by atoms with Crippen molar-refractivity contribution in [1.29, 1.82) is 0 Å². The first-order chi connectivity index (χ1) is 13.8. The molecule has 8 nitrogen and oxygen atoms in total. The minimum atomic E-state index is -0.769. The van der Waals surface area contributed by atoms with Gasteiger partial charge in [-0.25, -0.2) is 4.79 Å². The number of hydrogen-bond acceptors (Lipinski definition) is 6. The van der Waals surface area contributed by atoms with E-state index < -0.39 is 17.5 Å². The summed E-state index contributed by atoms with van der Waals surface area (Å²) in [6, 6.07) is 5.88. The van der Waals surface area contributed by atoms with Crippen LogP contribution in [0.4, 0.5) is 5.69 Å². The molecule has 0 saturated carbocycles. The summed E-state index contributed by atoms with van der Waals surface area (Å²) in [7, 11) is 0. The molecule has 8 heteroatoms. The number of hydrogen-bond donors (Lipinski definition) is 0. The number of Topliss-reactive ketones (excluding diaryl/α,β-unsaturated/α-hetero) is 1. The quantitative estimate of drug-likeness (QED) is 0.305. The van der Waals surface area contributed by atoms with Gasteiger partial charge in [0.25, 0.3) is 5.69 Å². The van der Waals surface area contributed by atoms with Gasteiger partial charge in [0.05, 0.1) is 16.6 Å². The third-order valence-electron chi connectivity index (χ3n) is 5.26. The Balaban J connectivity index is 1.67. The van der Waals surface area contributed by atoms with Crippen molar-refractivity contribution in [3.05, 3.63) is 62.5 Å². The van der Waals surface area contributed by atoms with E-state index in [0.717, 1.165) is 36.9 Å². The van der Waals surface area contributed by atoms with Crippen molar-refractivity contribution < 1.29 is 24.0 Å². The molecular weight excluding hydrogens is 376 g/mol. The zero-order valence-electron chi connectivity index (χ0n) is 16.8. The molecule has 0 amide bonds. The van der Waals surface area contributed by atoms with E-state index in [2.05, 4.69) is 0 Å². The molecule has 1 saturated heterocycles. The Morgan fingerprint density at radius 1 is 1.28 bits per heavy atom. The lowest BCUT2D eigenvalue weighted by Crippen LogP contribution is -2.18. The van der Waals surface area contributed by atoms with Crippen molar-refractivity contribution in [2.75, 3.05) is 13.2 Å². The fraction of sp³-hybridized carbons (Fsp3) is 0.429. The average Bonchev–Trinajstić information content (AvgIpc) is 3.29. The van der Waals surface area contributed by atoms with Gasteiger partial charge in [0.1, 0.15) is 0 Å². The summed E-state index contributed by atoms with van der Waals surface area (Å²) in [4.78, 5) is 35.3. The Morgan fingerprint density at radius 2 is 2.03 bits per heavy atom. The molecule has 0 unspecified atom stereocenters. The molecule has 2 heterocycles. The van der Waals surface area contributed by atoms with Gasteiger partial charge in [-0.05, 0) is 45.7 Å². The van der Waals surface area contributed by atoms with Crippen LogP contribution in [-0.2, 0) is 16.0 Å². The van der Waals surface area contributed by atoms with Gasteiger partial charge in [0.2, 0.25) is 5.78 Å². The van der Waals surface area contributed by atoms with E-state index in [4.69, 9.17) is 9.47 Å². The maximum absolute atomic E-state index is 12.6. The van der Waals surface area contributed by atoms with Crippen molar-refractivity contribution >= 4 is 17.4 Å². The summed E-state index contributed by atoms with van der Waals surface area (Å²) in [5, 5.41) is 11.0. The first-order valence-electron chi connectivity index (χ1n) is 9.51. The second-order valence-corrected chi connectivity index (χ2v) is 7.29. The molecular formula is C21H24N2O6. The maximum Gasteiger partial charge on any atom is 0.338 e. The van der Waals surface area contributed by atoms with Gasteiger partial charge in [-0.1, -0.05) is 6.07 Å². The Bertz CT molecular complexity index is 956. The van der Waals surface area contributed by atoms with Crippen LogP contribution in [0.25, 0.3) is 0 Å². The topological polar surface area (TPSA) is 101 Å². The molecule has 1 aromatic heterocycles. The number of rotatable bonds is 7. The smallest absolute Gasteiger partial charge is 0.338 e. The zero-order chi connectivity index (χ0) is 21.1. The molecule has 0 N–H and O–H groups in total. The van der Waals surface area contributed by atoms with Crippen molar-refractivity contribution in [2.24, 2.45) is 0 Å². The number of nitro benzene ring substituents is 1. The number of ether oxygens (including phenoxy) is 2. The van der Waals surface area contributed by atoms with Gasteiger partial charge >= 0.3 is 5.97 Å². The van der Waals surface area contributed by atoms with Crippen molar-refractivity contribution in [1.82, 2.24) is 4.57 Å². The van der Waals surface area contributed by atoms with Gasteiger partial charge in [0, 0.05) is 41.7 Å². The first-order valence-corrected chi connectivity index (χ1v) is 9.51. The normalized spacial score (nSPS) is 16.0. The summed E-state index contributed by atoms with van der Waals surface area (Å²) in [5.41, 5.74) is 2.58. The predicted octanol–water partition coefficient (Wildman–Crippen LogP) is 3.54. The van der Waals surface area contributed by atoms with Crippen LogP contribution in [-0.4, -0.2) is 40.6 Å². The van der Waals surface area contributed by atoms with E-state index in [-0.39, 0.29) is 23.1 Å². The van der Waals surface area contributed by atoms with Gasteiger partial charge in [-0.3, -0.25) is 14.9 Å². The average molecular weight is 400 g/mol. The van der Waals surface area contributed by atoms with Crippen LogP contribution in [0.5, 0.6) is 0 Å². The Labute approximate surface area is 168 Å². The van der Waals surface area contributed by atoms with Gasteiger partial charge in [-0.2, -0.15) is 0 Å². The van der Waals surface area contributed by atoms with E-state index in [1.807, 2.05) is 18.4 Å². The van der Waals surface area contributed by atoms with Crippen LogP contribution >= 0.6 is 0 Å². The number of nitro groups is 1. The van der Waals surface area contributed by atoms with Gasteiger partial charge in [0.15, 0.2) is 6.61 Å². The number of carbonyl (C=O) groups excluding carboxylic acids is 2. The summed E-state index contributed by atoms with van der Waals surface area (Å²) in [6.07, 6.45) is 2.20. The fourth-order valence-corrected chi connectivity index (χ4v) is 3.58. The molecule has 1 aliphatic rings. The third kappa shape index (κ3) is 4.54. The second kappa shape index (κ2) is 8.57. The van der Waals surface area contributed by atoms with E-state index in [0.29, 0.717) is 17.7 Å². The SMILES string of the molecule is Cc1ccc(C(=O)OCC(=O)c2cc(C)n(C[C@@H]3CCCO3)c2C)cc1[N+](=O)[O-]. The van der Waals surface area contributed by atoms with E-state index in [1.165, 1.54) is 12.1 Å². The highest BCUT2D eigenvalue weighted by atomic mass is 16.6. The van der Waals surface area contributed by atoms with Crippen molar-refractivity contribution in [3.8, 4) is 0 Å². The summed E-state index contributed by atoms with van der Waals surface area (Å²) in [6.45, 7) is 6.41. The number of aryl methyl sites for hydroxylation is 2. The van der Waals surface area contributed by atoms with Crippen LogP contribution in [0, 0.1) is 30.9 Å². The van der Waals surface area contributed by atoms with Crippen LogP contribution in [0.2, 0.25) is 0 Å². The summed E-state index contributed by atoms with van der Waals surface area (Å²) < 4.78 is 12.8. The lowest BCUT2D eigenvalue weighted by atomic mass is 10.1. The summed E-state index contributed by atoms with van der Waals surface area (Å²) >= 11 is 0. The standard InChI is InChI=1S/C21H24N2O6/c1-13-6-7-16(10-19(13)23(26)27)21(25)29-12-20(24)18-9-14(2)22(15(18)3)11-17-5-4-8-28-17/h6-7,9-10,17H,4-5,8,11-12H2,1-3H3/t17-/m0/s1. The number of benzene rings is 1. The maximum atomic E-state index is 12.6. The van der Waals surface area contributed by atoms with Gasteiger partial charge < -0.3 is 14.0 Å². The van der Waals surface area contributed by atoms with Crippen LogP contribution in [0.1, 0.15) is 50.5 Å². The third-order valence-corrected chi connectivity index (χ3v) is 5.26. The molecule has 154 valence electrons. The Kier molecular flexibility index (Phi) is 6.12. The Morgan fingerprint density at radius 3 is 2.69 bits per heavy atom. The molecule has 0 aliphatic carbocycles. The number of aromatic nitrogens is 1. The van der Waals surface area contributed by atoms with Crippen molar-refractivity contribution in [2.45, 2.75) is 46.3 Å². The lowest BCUT2D eigenvalue weighted by molar-refractivity contribution is -0.385. The van der Waals surface area contributed by atoms with Gasteiger partial charge in [-0.15, -0.1) is 0 Å². The van der Waals surface area contributed by atoms with Crippen LogP contribution in [0.3, 0.4) is 0 Å². The highest BCUT2D eigenvalue weighted by molar-refractivity contribution is 6.00. The van der Waals surface area contributed by atoms with Crippen LogP contribution in [0.15, 0.2) is 24.3 Å². The molecule has 1 fully saturated rings.